The number of carboxylic acids is 1. The van der Waals surface area contributed by atoms with Gasteiger partial charge in [-0.1, -0.05) is 6.07 Å². The number of aliphatic carboxylic acids is 1. The quantitative estimate of drug-likeness (QED) is 0.589. The molecule has 2 aliphatic rings. The zero-order valence-corrected chi connectivity index (χ0v) is 16.6. The number of hydrogen-bond acceptors (Lipinski definition) is 7. The Morgan fingerprint density at radius 2 is 2.00 bits per heavy atom. The van der Waals surface area contributed by atoms with E-state index in [1.54, 1.807) is 13.0 Å². The van der Waals surface area contributed by atoms with Gasteiger partial charge in [-0.3, -0.25) is 4.79 Å². The summed E-state index contributed by atoms with van der Waals surface area (Å²) in [7, 11) is 0. The van der Waals surface area contributed by atoms with E-state index >= 15 is 0 Å². The zero-order valence-electron chi connectivity index (χ0n) is 16.6. The Balaban J connectivity index is 1.45. The molecule has 0 saturated carbocycles. The highest BCUT2D eigenvalue weighted by atomic mass is 19.3. The number of aromatic nitrogens is 1. The second-order valence-electron chi connectivity index (χ2n) is 7.44. The molecule has 32 heavy (non-hydrogen) atoms. The van der Waals surface area contributed by atoms with Gasteiger partial charge in [-0.15, -0.1) is 8.78 Å². The molecule has 12 heteroatoms. The minimum Gasteiger partial charge on any atom is -0.480 e. The molecule has 0 bridgehead atoms. The molecule has 168 valence electrons. The first-order valence-electron chi connectivity index (χ1n) is 9.52. The van der Waals surface area contributed by atoms with Crippen LogP contribution in [-0.2, 0) is 16.0 Å². The maximum Gasteiger partial charge on any atom is 0.586 e. The summed E-state index contributed by atoms with van der Waals surface area (Å²) >= 11 is 0. The van der Waals surface area contributed by atoms with Crippen molar-refractivity contribution in [3.8, 4) is 11.5 Å². The number of hydrogen-bond donors (Lipinski definition) is 3. The standard InChI is InChI=1S/C20H18F2N4O6/c1-9(11-2-3-13-14(8-11)32-20(21,22)31-13)25-19(30)26-16(18(28)29)12(17(26)27)6-10-4-5-24-15(23)7-10/h2-5,7-9,12,16H,6H2,1H3,(H2,23,24)(H,25,30)(H,28,29)/t9-,12+,16-/m0/s1. The molecular weight excluding hydrogens is 430 g/mol. The fourth-order valence-corrected chi connectivity index (χ4v) is 3.70. The van der Waals surface area contributed by atoms with Crippen molar-refractivity contribution in [1.82, 2.24) is 15.2 Å². The molecule has 0 radical (unpaired) electrons. The summed E-state index contributed by atoms with van der Waals surface area (Å²) in [5, 5.41) is 12.1. The molecule has 1 aromatic carbocycles. The van der Waals surface area contributed by atoms with Crippen LogP contribution < -0.4 is 20.5 Å². The van der Waals surface area contributed by atoms with Gasteiger partial charge < -0.3 is 25.6 Å². The molecule has 3 atom stereocenters. The molecular formula is C20H18F2N4O6. The van der Waals surface area contributed by atoms with Crippen molar-refractivity contribution in [3.05, 3.63) is 47.7 Å². The number of carbonyl (C=O) groups is 3. The molecule has 4 N–H and O–H groups in total. The van der Waals surface area contributed by atoms with E-state index in [-0.39, 0.29) is 23.7 Å². The lowest BCUT2D eigenvalue weighted by molar-refractivity contribution is -0.286. The molecule has 1 saturated heterocycles. The zero-order chi connectivity index (χ0) is 23.2. The van der Waals surface area contributed by atoms with Crippen LogP contribution in [0.25, 0.3) is 0 Å². The third-order valence-electron chi connectivity index (χ3n) is 5.25. The third-order valence-corrected chi connectivity index (χ3v) is 5.25. The largest absolute Gasteiger partial charge is 0.586 e. The van der Waals surface area contributed by atoms with Gasteiger partial charge in [0.2, 0.25) is 5.91 Å². The Labute approximate surface area is 179 Å². The number of nitrogens with one attached hydrogen (secondary N) is 1. The monoisotopic (exact) mass is 448 g/mol. The first-order valence-corrected chi connectivity index (χ1v) is 9.52. The van der Waals surface area contributed by atoms with Crippen LogP contribution in [0.4, 0.5) is 19.4 Å². The van der Waals surface area contributed by atoms with E-state index in [1.165, 1.54) is 30.5 Å². The summed E-state index contributed by atoms with van der Waals surface area (Å²) in [6.45, 7) is 1.55. The van der Waals surface area contributed by atoms with Crippen LogP contribution in [0.3, 0.4) is 0 Å². The molecule has 0 spiro atoms. The number of urea groups is 1. The van der Waals surface area contributed by atoms with Gasteiger partial charge >= 0.3 is 18.3 Å². The Bertz CT molecular complexity index is 1110. The first kappa shape index (κ1) is 21.3. The molecule has 3 amide bonds. The van der Waals surface area contributed by atoms with E-state index in [0.29, 0.717) is 16.0 Å². The summed E-state index contributed by atoms with van der Waals surface area (Å²) in [4.78, 5) is 41.5. The fraction of sp³-hybridized carbons (Fsp3) is 0.300. The number of carboxylic acid groups (broad SMARTS) is 1. The van der Waals surface area contributed by atoms with E-state index in [4.69, 9.17) is 5.73 Å². The predicted octanol–water partition coefficient (Wildman–Crippen LogP) is 1.91. The fourth-order valence-electron chi connectivity index (χ4n) is 3.70. The lowest BCUT2D eigenvalue weighted by Crippen LogP contribution is -2.68. The van der Waals surface area contributed by atoms with E-state index in [9.17, 15) is 28.3 Å². The number of benzene rings is 1. The highest BCUT2D eigenvalue weighted by Gasteiger charge is 2.54. The number of nitrogens with zero attached hydrogens (tertiary/aromatic N) is 2. The smallest absolute Gasteiger partial charge is 0.480 e. The van der Waals surface area contributed by atoms with Crippen molar-refractivity contribution in [2.75, 3.05) is 5.73 Å². The first-order chi connectivity index (χ1) is 15.1. The van der Waals surface area contributed by atoms with Gasteiger partial charge in [-0.2, -0.15) is 0 Å². The third kappa shape index (κ3) is 3.86. The van der Waals surface area contributed by atoms with Crippen molar-refractivity contribution in [2.24, 2.45) is 5.92 Å². The highest BCUT2D eigenvalue weighted by Crippen LogP contribution is 2.42. The van der Waals surface area contributed by atoms with Crippen LogP contribution in [0.5, 0.6) is 11.5 Å². The van der Waals surface area contributed by atoms with Gasteiger partial charge in [0.15, 0.2) is 17.5 Å². The van der Waals surface area contributed by atoms with Gasteiger partial charge in [0.05, 0.1) is 12.0 Å². The molecule has 1 fully saturated rings. The van der Waals surface area contributed by atoms with Crippen molar-refractivity contribution < 1.29 is 37.7 Å². The number of anilines is 1. The molecule has 2 aromatic rings. The van der Waals surface area contributed by atoms with Crippen LogP contribution in [0.1, 0.15) is 24.1 Å². The number of alkyl halides is 2. The Kier molecular flexibility index (Phi) is 5.07. The molecule has 4 rings (SSSR count). The predicted molar refractivity (Wildman–Crippen MR) is 104 cm³/mol. The topological polar surface area (TPSA) is 144 Å². The van der Waals surface area contributed by atoms with E-state index in [1.807, 2.05) is 0 Å². The maximum atomic E-state index is 13.2. The highest BCUT2D eigenvalue weighted by molar-refractivity contribution is 6.07. The van der Waals surface area contributed by atoms with E-state index in [2.05, 4.69) is 19.8 Å². The lowest BCUT2D eigenvalue weighted by atomic mass is 9.82. The average molecular weight is 448 g/mol. The van der Waals surface area contributed by atoms with Crippen molar-refractivity contribution in [1.29, 1.82) is 0 Å². The Morgan fingerprint density at radius 3 is 2.69 bits per heavy atom. The van der Waals surface area contributed by atoms with Crippen LogP contribution in [0.2, 0.25) is 0 Å². The summed E-state index contributed by atoms with van der Waals surface area (Å²) in [5.41, 5.74) is 6.62. The SMILES string of the molecule is C[C@H](NC(=O)N1C(=O)[C@H](Cc2ccnc(N)c2)[C@H]1C(=O)O)c1ccc2c(c1)OC(F)(F)O2. The molecule has 1 aromatic heterocycles. The number of nitrogens with two attached hydrogens (primary N) is 1. The van der Waals surface area contributed by atoms with Crippen LogP contribution >= 0.6 is 0 Å². The number of carbonyl (C=O) groups excluding carboxylic acids is 2. The minimum absolute atomic E-state index is 0.0816. The lowest BCUT2D eigenvalue weighted by Gasteiger charge is -2.43. The van der Waals surface area contributed by atoms with Gasteiger partial charge in [-0.25, -0.2) is 19.5 Å². The Hall–Kier alpha value is -3.96. The van der Waals surface area contributed by atoms with E-state index in [0.717, 1.165) is 0 Å². The van der Waals surface area contributed by atoms with Crippen LogP contribution in [0.15, 0.2) is 36.5 Å². The van der Waals surface area contributed by atoms with Gasteiger partial charge in [0, 0.05) is 6.20 Å². The van der Waals surface area contributed by atoms with Gasteiger partial charge in [-0.05, 0) is 48.7 Å². The van der Waals surface area contributed by atoms with Crippen molar-refractivity contribution in [3.63, 3.8) is 0 Å². The summed E-state index contributed by atoms with van der Waals surface area (Å²) < 4.78 is 35.1. The van der Waals surface area contributed by atoms with Gasteiger partial charge in [0.1, 0.15) is 5.82 Å². The number of halogens is 2. The van der Waals surface area contributed by atoms with Gasteiger partial charge in [0.25, 0.3) is 0 Å². The molecule has 3 heterocycles. The number of imide groups is 1. The molecule has 0 aliphatic carbocycles. The number of amides is 3. The number of fused-ring (bicyclic) bond motifs is 1. The van der Waals surface area contributed by atoms with Crippen LogP contribution in [-0.4, -0.2) is 45.2 Å². The molecule has 10 nitrogen and oxygen atoms in total. The van der Waals surface area contributed by atoms with Crippen molar-refractivity contribution in [2.45, 2.75) is 31.7 Å². The number of likely N-dealkylation sites (tertiary alicyclic amines) is 1. The number of β-lactam (4-membered cyclic amide) rings is 1. The summed E-state index contributed by atoms with van der Waals surface area (Å²) in [6.07, 6.45) is -2.25. The second-order valence-corrected chi connectivity index (χ2v) is 7.44. The number of ether oxygens (including phenoxy) is 2. The number of pyridine rings is 1. The maximum absolute atomic E-state index is 13.2. The van der Waals surface area contributed by atoms with Crippen molar-refractivity contribution >= 4 is 23.7 Å². The summed E-state index contributed by atoms with van der Waals surface area (Å²) in [5.74, 6) is -3.05. The van der Waals surface area contributed by atoms with Crippen LogP contribution in [0, 0.1) is 5.92 Å². The number of nitrogen functional groups attached to an aromatic ring is 1. The number of rotatable bonds is 5. The minimum atomic E-state index is -3.78. The van der Waals surface area contributed by atoms with E-state index < -0.39 is 42.2 Å². The summed E-state index contributed by atoms with van der Waals surface area (Å²) in [6, 6.07) is 4.09. The molecule has 2 aliphatic heterocycles. The average Bonchev–Trinajstić information content (AvgIpc) is 3.02. The second kappa shape index (κ2) is 7.62. The normalized spacial score (nSPS) is 21.6. The molecule has 0 unspecified atom stereocenters. The Morgan fingerprint density at radius 1 is 1.28 bits per heavy atom.